The number of rotatable bonds is 4. The third-order valence-electron chi connectivity index (χ3n) is 1.90. The van der Waals surface area contributed by atoms with Crippen molar-refractivity contribution in [2.24, 2.45) is 5.92 Å². The fourth-order valence-corrected chi connectivity index (χ4v) is 1.86. The van der Waals surface area contributed by atoms with Crippen molar-refractivity contribution < 1.29 is 4.79 Å². The molecular formula is C12H17NOS. The summed E-state index contributed by atoms with van der Waals surface area (Å²) in [5, 5.41) is 2.86. The Balaban J connectivity index is 2.75. The van der Waals surface area contributed by atoms with Crippen molar-refractivity contribution in [2.45, 2.75) is 33.6 Å². The van der Waals surface area contributed by atoms with Gasteiger partial charge in [-0.1, -0.05) is 33.8 Å². The summed E-state index contributed by atoms with van der Waals surface area (Å²) in [5.74, 6) is 0.801. The van der Waals surface area contributed by atoms with Gasteiger partial charge in [0.2, 0.25) is 5.78 Å². The molecule has 1 aromatic heterocycles. The minimum atomic E-state index is 0.00634. The van der Waals surface area contributed by atoms with Gasteiger partial charge in [0.15, 0.2) is 0 Å². The lowest BCUT2D eigenvalue weighted by molar-refractivity contribution is 0.104. The maximum atomic E-state index is 11.6. The first-order valence-corrected chi connectivity index (χ1v) is 6.06. The molecule has 2 nitrogen and oxygen atoms in total. The summed E-state index contributed by atoms with van der Waals surface area (Å²) in [6.07, 6.45) is 3.51. The van der Waals surface area contributed by atoms with E-state index >= 15 is 0 Å². The molecule has 0 aliphatic heterocycles. The summed E-state index contributed by atoms with van der Waals surface area (Å²) in [7, 11) is 0. The van der Waals surface area contributed by atoms with Crippen molar-refractivity contribution in [3.8, 4) is 0 Å². The molecule has 0 spiro atoms. The zero-order valence-corrected chi connectivity index (χ0v) is 10.5. The van der Waals surface area contributed by atoms with Gasteiger partial charge in [0, 0.05) is 11.3 Å². The van der Waals surface area contributed by atoms with E-state index in [-0.39, 0.29) is 5.78 Å². The molecule has 0 aromatic carbocycles. The largest absolute Gasteiger partial charge is 0.288 e. The van der Waals surface area contributed by atoms with E-state index in [2.05, 4.69) is 18.8 Å². The summed E-state index contributed by atoms with van der Waals surface area (Å²) in [4.78, 5) is 15.9. The second-order valence-corrected chi connectivity index (χ2v) is 5.08. The van der Waals surface area contributed by atoms with Crippen LogP contribution in [0.3, 0.4) is 0 Å². The molecule has 0 bridgehead atoms. The molecule has 1 rings (SSSR count). The predicted molar refractivity (Wildman–Crippen MR) is 64.5 cm³/mol. The van der Waals surface area contributed by atoms with Crippen LogP contribution < -0.4 is 0 Å². The van der Waals surface area contributed by atoms with E-state index in [4.69, 9.17) is 0 Å². The van der Waals surface area contributed by atoms with Crippen molar-refractivity contribution in [3.63, 3.8) is 0 Å². The minimum absolute atomic E-state index is 0.00634. The molecule has 1 heterocycles. The summed E-state index contributed by atoms with van der Waals surface area (Å²) in [6, 6.07) is 0. The van der Waals surface area contributed by atoms with Gasteiger partial charge in [-0.2, -0.15) is 0 Å². The maximum absolute atomic E-state index is 11.6. The van der Waals surface area contributed by atoms with Gasteiger partial charge < -0.3 is 0 Å². The summed E-state index contributed by atoms with van der Waals surface area (Å²) >= 11 is 1.55. The quantitative estimate of drug-likeness (QED) is 0.576. The number of allylic oxidation sites excluding steroid dienone is 2. The third kappa shape index (κ3) is 3.59. The van der Waals surface area contributed by atoms with Crippen LogP contribution >= 0.6 is 11.3 Å². The fraction of sp³-hybridized carbons (Fsp3) is 0.500. The van der Waals surface area contributed by atoms with Gasteiger partial charge in [-0.3, -0.25) is 4.79 Å². The van der Waals surface area contributed by atoms with Crippen molar-refractivity contribution in [2.75, 3.05) is 0 Å². The number of nitrogens with zero attached hydrogens (tertiary/aromatic N) is 1. The van der Waals surface area contributed by atoms with Crippen LogP contribution in [0.15, 0.2) is 17.5 Å². The van der Waals surface area contributed by atoms with E-state index in [0.29, 0.717) is 17.5 Å². The molecule has 3 heteroatoms. The Morgan fingerprint density at radius 1 is 1.40 bits per heavy atom. The first-order chi connectivity index (χ1) is 7.00. The molecule has 0 radical (unpaired) electrons. The van der Waals surface area contributed by atoms with E-state index in [1.165, 1.54) is 0 Å². The molecular weight excluding hydrogens is 206 g/mol. The highest BCUT2D eigenvalue weighted by Gasteiger charge is 2.09. The average Bonchev–Trinajstić information content (AvgIpc) is 2.62. The van der Waals surface area contributed by atoms with E-state index in [0.717, 1.165) is 5.01 Å². The monoisotopic (exact) mass is 223 g/mol. The fourth-order valence-electron chi connectivity index (χ4n) is 1.03. The lowest BCUT2D eigenvalue weighted by atomic mass is 10.2. The van der Waals surface area contributed by atoms with Gasteiger partial charge in [0.1, 0.15) is 5.69 Å². The van der Waals surface area contributed by atoms with Crippen LogP contribution in [-0.2, 0) is 0 Å². The zero-order valence-electron chi connectivity index (χ0n) is 9.65. The normalized spacial score (nSPS) is 11.9. The van der Waals surface area contributed by atoms with Crippen LogP contribution in [0.5, 0.6) is 0 Å². The number of aromatic nitrogens is 1. The van der Waals surface area contributed by atoms with Gasteiger partial charge in [-0.05, 0) is 12.0 Å². The molecule has 0 fully saturated rings. The van der Waals surface area contributed by atoms with Crippen molar-refractivity contribution in [1.82, 2.24) is 4.98 Å². The average molecular weight is 223 g/mol. The topological polar surface area (TPSA) is 30.0 Å². The van der Waals surface area contributed by atoms with E-state index in [9.17, 15) is 4.79 Å². The summed E-state index contributed by atoms with van der Waals surface area (Å²) in [5.41, 5.74) is 0.570. The highest BCUT2D eigenvalue weighted by Crippen LogP contribution is 2.19. The lowest BCUT2D eigenvalue weighted by Crippen LogP contribution is -1.96. The molecule has 0 atom stereocenters. The van der Waals surface area contributed by atoms with E-state index in [1.54, 1.807) is 17.4 Å². The smallest absolute Gasteiger partial charge is 0.204 e. The molecule has 0 N–H and O–H groups in total. The number of hydrogen-bond acceptors (Lipinski definition) is 3. The Labute approximate surface area is 95.0 Å². The van der Waals surface area contributed by atoms with Gasteiger partial charge in [-0.25, -0.2) is 4.98 Å². The highest BCUT2D eigenvalue weighted by atomic mass is 32.1. The molecule has 0 amide bonds. The van der Waals surface area contributed by atoms with Crippen LogP contribution in [0, 0.1) is 5.92 Å². The third-order valence-corrected chi connectivity index (χ3v) is 3.05. The first kappa shape index (κ1) is 12.1. The molecule has 0 saturated carbocycles. The van der Waals surface area contributed by atoms with Crippen molar-refractivity contribution >= 4 is 17.1 Å². The minimum Gasteiger partial charge on any atom is -0.288 e. The van der Waals surface area contributed by atoms with Crippen LogP contribution in [0.2, 0.25) is 0 Å². The lowest BCUT2D eigenvalue weighted by Gasteiger charge is -1.96. The number of thiazole rings is 1. The Kier molecular flexibility index (Phi) is 4.21. The van der Waals surface area contributed by atoms with E-state index in [1.807, 2.05) is 25.3 Å². The first-order valence-electron chi connectivity index (χ1n) is 5.18. The Morgan fingerprint density at radius 3 is 2.53 bits per heavy atom. The van der Waals surface area contributed by atoms with Gasteiger partial charge >= 0.3 is 0 Å². The van der Waals surface area contributed by atoms with Gasteiger partial charge in [0.25, 0.3) is 0 Å². The predicted octanol–water partition coefficient (Wildman–Crippen LogP) is 3.66. The molecule has 1 aromatic rings. The molecule has 82 valence electrons. The molecule has 15 heavy (non-hydrogen) atoms. The SMILES string of the molecule is CC(C)/C=C/C(=O)c1csc(C(C)C)n1. The Bertz CT molecular complexity index is 363. The molecule has 0 unspecified atom stereocenters. The summed E-state index contributed by atoms with van der Waals surface area (Å²) in [6.45, 7) is 8.25. The molecule has 0 saturated heterocycles. The number of carbonyl (C=O) groups excluding carboxylic acids is 1. The second kappa shape index (κ2) is 5.21. The van der Waals surface area contributed by atoms with Gasteiger partial charge in [-0.15, -0.1) is 11.3 Å². The number of hydrogen-bond donors (Lipinski definition) is 0. The Hall–Kier alpha value is -0.960. The van der Waals surface area contributed by atoms with Crippen LogP contribution in [0.25, 0.3) is 0 Å². The standard InChI is InChI=1S/C12H17NOS/c1-8(2)5-6-11(14)10-7-15-12(13-10)9(3)4/h5-9H,1-4H3/b6-5+. The van der Waals surface area contributed by atoms with Gasteiger partial charge in [0.05, 0.1) is 5.01 Å². The summed E-state index contributed by atoms with van der Waals surface area (Å²) < 4.78 is 0. The van der Waals surface area contributed by atoms with E-state index < -0.39 is 0 Å². The van der Waals surface area contributed by atoms with Crippen LogP contribution in [0.1, 0.15) is 49.1 Å². The van der Waals surface area contributed by atoms with Crippen molar-refractivity contribution in [3.05, 3.63) is 28.2 Å². The Morgan fingerprint density at radius 2 is 2.07 bits per heavy atom. The second-order valence-electron chi connectivity index (χ2n) is 4.19. The number of ketones is 1. The molecule has 0 aliphatic carbocycles. The zero-order chi connectivity index (χ0) is 11.4. The molecule has 0 aliphatic rings. The van der Waals surface area contributed by atoms with Crippen LogP contribution in [0.4, 0.5) is 0 Å². The highest BCUT2D eigenvalue weighted by molar-refractivity contribution is 7.09. The number of carbonyl (C=O) groups is 1. The van der Waals surface area contributed by atoms with Crippen LogP contribution in [-0.4, -0.2) is 10.8 Å². The van der Waals surface area contributed by atoms with Crippen molar-refractivity contribution in [1.29, 1.82) is 0 Å². The maximum Gasteiger partial charge on any atom is 0.204 e.